The summed E-state index contributed by atoms with van der Waals surface area (Å²) in [6.45, 7) is 4.94. The zero-order chi connectivity index (χ0) is 21.1. The van der Waals surface area contributed by atoms with E-state index in [4.69, 9.17) is 4.98 Å². The molecule has 1 aliphatic rings. The van der Waals surface area contributed by atoms with Gasteiger partial charge in [0.1, 0.15) is 12.2 Å². The first-order chi connectivity index (χ1) is 14.5. The molecule has 1 unspecified atom stereocenters. The number of rotatable bonds is 7. The van der Waals surface area contributed by atoms with Crippen LogP contribution >= 0.6 is 0 Å². The molecule has 1 fully saturated rings. The quantitative estimate of drug-likeness (QED) is 0.646. The molecular weight excluding hydrogens is 378 g/mol. The molecule has 0 bridgehead atoms. The molecule has 0 spiro atoms. The predicted molar refractivity (Wildman–Crippen MR) is 114 cm³/mol. The Labute approximate surface area is 177 Å². The minimum absolute atomic E-state index is 0.0794. The molecule has 1 saturated carbocycles. The van der Waals surface area contributed by atoms with Gasteiger partial charge in [0, 0.05) is 13.5 Å². The number of nitrogens with zero attached hydrogens (tertiary/aromatic N) is 6. The molecule has 0 radical (unpaired) electrons. The first kappa shape index (κ1) is 20.5. The number of benzene rings is 1. The zero-order valence-corrected chi connectivity index (χ0v) is 18.1. The topological polar surface area (TPSA) is 90.5 Å². The Morgan fingerprint density at radius 3 is 2.63 bits per heavy atom. The van der Waals surface area contributed by atoms with Crippen LogP contribution in [-0.2, 0) is 18.4 Å². The van der Waals surface area contributed by atoms with Gasteiger partial charge in [-0.15, -0.1) is 5.10 Å². The van der Waals surface area contributed by atoms with Crippen LogP contribution in [0.1, 0.15) is 64.2 Å². The molecule has 3 aromatic rings. The average molecular weight is 410 g/mol. The molecule has 0 saturated heterocycles. The van der Waals surface area contributed by atoms with Gasteiger partial charge < -0.3 is 9.88 Å². The highest BCUT2D eigenvalue weighted by Gasteiger charge is 2.36. The van der Waals surface area contributed by atoms with Crippen LogP contribution in [0.5, 0.6) is 0 Å². The number of fused-ring (bicyclic) bond motifs is 1. The van der Waals surface area contributed by atoms with E-state index in [-0.39, 0.29) is 23.3 Å². The average Bonchev–Trinajstić information content (AvgIpc) is 3.34. The normalized spacial score (nSPS) is 17.3. The summed E-state index contributed by atoms with van der Waals surface area (Å²) in [5.41, 5.74) is 1.94. The number of nitrogens with one attached hydrogen (secondary N) is 1. The lowest BCUT2D eigenvalue weighted by atomic mass is 9.71. The Kier molecular flexibility index (Phi) is 5.83. The van der Waals surface area contributed by atoms with Gasteiger partial charge in [-0.1, -0.05) is 45.2 Å². The van der Waals surface area contributed by atoms with Gasteiger partial charge in [-0.3, -0.25) is 4.79 Å². The summed E-state index contributed by atoms with van der Waals surface area (Å²) in [4.78, 5) is 18.1. The summed E-state index contributed by atoms with van der Waals surface area (Å²) in [6, 6.07) is 7.95. The number of aromatic nitrogens is 6. The summed E-state index contributed by atoms with van der Waals surface area (Å²) in [5.74, 6) is 1.21. The Balaban J connectivity index is 1.54. The lowest BCUT2D eigenvalue weighted by Gasteiger charge is -2.37. The van der Waals surface area contributed by atoms with E-state index in [9.17, 15) is 4.79 Å². The lowest BCUT2D eigenvalue weighted by Crippen LogP contribution is -2.39. The van der Waals surface area contributed by atoms with Crippen LogP contribution in [0.15, 0.2) is 30.6 Å². The smallest absolute Gasteiger partial charge is 0.221 e. The summed E-state index contributed by atoms with van der Waals surface area (Å²) in [5, 5.41) is 14.9. The van der Waals surface area contributed by atoms with Gasteiger partial charge in [-0.25, -0.2) is 9.67 Å². The second kappa shape index (κ2) is 8.53. The number of aryl methyl sites for hydroxylation is 1. The minimum atomic E-state index is -0.136. The van der Waals surface area contributed by atoms with Gasteiger partial charge in [-0.05, 0) is 46.7 Å². The maximum atomic E-state index is 13.3. The molecule has 4 rings (SSSR count). The molecule has 1 aromatic carbocycles. The first-order valence-corrected chi connectivity index (χ1v) is 10.9. The van der Waals surface area contributed by atoms with Gasteiger partial charge in [0.25, 0.3) is 0 Å². The Hall–Kier alpha value is -2.77. The molecule has 8 heteroatoms. The maximum absolute atomic E-state index is 13.3. The highest BCUT2D eigenvalue weighted by Crippen LogP contribution is 2.41. The number of tetrazole rings is 1. The standard InChI is InChI=1S/C22H31N7O/c1-16(2)20(21-24-17-9-5-6-10-18(17)28(21)3)25-19(30)13-22(11-7-4-8-12-22)14-29-15-23-26-27-29/h5-6,9-10,15-16,20H,4,7-8,11-14H2,1-3H3,(H,25,30). The SMILES string of the molecule is CC(C)C(NC(=O)CC1(Cn2cnnn2)CCCCC1)c1nc2ccccc2n1C. The van der Waals surface area contributed by atoms with Crippen molar-refractivity contribution in [2.24, 2.45) is 18.4 Å². The monoisotopic (exact) mass is 409 g/mol. The van der Waals surface area contributed by atoms with Crippen LogP contribution in [0, 0.1) is 11.3 Å². The molecule has 1 N–H and O–H groups in total. The van der Waals surface area contributed by atoms with Crippen LogP contribution in [0.25, 0.3) is 11.0 Å². The van der Waals surface area contributed by atoms with Crippen LogP contribution in [0.2, 0.25) is 0 Å². The van der Waals surface area contributed by atoms with E-state index < -0.39 is 0 Å². The zero-order valence-electron chi connectivity index (χ0n) is 18.1. The number of amides is 1. The van der Waals surface area contributed by atoms with Gasteiger partial charge in [0.05, 0.1) is 23.6 Å². The maximum Gasteiger partial charge on any atom is 0.221 e. The Bertz CT molecular complexity index is 986. The number of hydrogen-bond acceptors (Lipinski definition) is 5. The van der Waals surface area contributed by atoms with Gasteiger partial charge in [0.2, 0.25) is 5.91 Å². The van der Waals surface area contributed by atoms with E-state index in [2.05, 4.69) is 45.3 Å². The number of imidazole rings is 1. The van der Waals surface area contributed by atoms with E-state index in [0.717, 1.165) is 42.5 Å². The second-order valence-electron chi connectivity index (χ2n) is 9.05. The van der Waals surface area contributed by atoms with Crippen molar-refractivity contribution in [1.29, 1.82) is 0 Å². The van der Waals surface area contributed by atoms with Gasteiger partial charge in [0.15, 0.2) is 0 Å². The van der Waals surface area contributed by atoms with Crippen LogP contribution in [0.4, 0.5) is 0 Å². The highest BCUT2D eigenvalue weighted by molar-refractivity contribution is 5.78. The highest BCUT2D eigenvalue weighted by atomic mass is 16.1. The van der Waals surface area contributed by atoms with E-state index in [0.29, 0.717) is 13.0 Å². The Morgan fingerprint density at radius 1 is 1.20 bits per heavy atom. The summed E-state index contributed by atoms with van der Waals surface area (Å²) in [7, 11) is 2.02. The van der Waals surface area contributed by atoms with E-state index >= 15 is 0 Å². The van der Waals surface area contributed by atoms with E-state index in [1.807, 2.05) is 25.2 Å². The molecule has 8 nitrogen and oxygen atoms in total. The molecule has 30 heavy (non-hydrogen) atoms. The third-order valence-corrected chi connectivity index (χ3v) is 6.42. The van der Waals surface area contributed by atoms with Crippen molar-refractivity contribution >= 4 is 16.9 Å². The summed E-state index contributed by atoms with van der Waals surface area (Å²) in [6.07, 6.45) is 7.71. The molecule has 1 atom stereocenters. The molecule has 2 heterocycles. The Morgan fingerprint density at radius 2 is 1.97 bits per heavy atom. The minimum Gasteiger partial charge on any atom is -0.346 e. The fraction of sp³-hybridized carbons (Fsp3) is 0.591. The van der Waals surface area contributed by atoms with Gasteiger partial charge >= 0.3 is 0 Å². The van der Waals surface area contributed by atoms with E-state index in [1.54, 1.807) is 11.0 Å². The van der Waals surface area contributed by atoms with Crippen molar-refractivity contribution in [3.8, 4) is 0 Å². The van der Waals surface area contributed by atoms with E-state index in [1.165, 1.54) is 6.42 Å². The molecular formula is C22H31N7O. The first-order valence-electron chi connectivity index (χ1n) is 10.9. The molecule has 1 amide bonds. The van der Waals surface area contributed by atoms with Crippen molar-refractivity contribution in [1.82, 2.24) is 35.1 Å². The van der Waals surface area contributed by atoms with Crippen LogP contribution < -0.4 is 5.32 Å². The van der Waals surface area contributed by atoms with Gasteiger partial charge in [-0.2, -0.15) is 0 Å². The number of carbonyl (C=O) groups is 1. The summed E-state index contributed by atoms with van der Waals surface area (Å²) >= 11 is 0. The fourth-order valence-corrected chi connectivity index (χ4v) is 4.83. The number of carbonyl (C=O) groups excluding carboxylic acids is 1. The largest absolute Gasteiger partial charge is 0.346 e. The third-order valence-electron chi connectivity index (χ3n) is 6.42. The lowest BCUT2D eigenvalue weighted by molar-refractivity contribution is -0.125. The predicted octanol–water partition coefficient (Wildman–Crippen LogP) is 3.41. The second-order valence-corrected chi connectivity index (χ2v) is 9.05. The molecule has 160 valence electrons. The molecule has 0 aliphatic heterocycles. The number of hydrogen-bond donors (Lipinski definition) is 1. The summed E-state index contributed by atoms with van der Waals surface area (Å²) < 4.78 is 3.86. The van der Waals surface area contributed by atoms with Crippen molar-refractivity contribution in [3.63, 3.8) is 0 Å². The fourth-order valence-electron chi connectivity index (χ4n) is 4.83. The molecule has 2 aromatic heterocycles. The van der Waals surface area contributed by atoms with Crippen molar-refractivity contribution in [2.75, 3.05) is 0 Å². The van der Waals surface area contributed by atoms with Crippen molar-refractivity contribution in [2.45, 2.75) is 65.0 Å². The third kappa shape index (κ3) is 4.22. The van der Waals surface area contributed by atoms with Crippen LogP contribution in [-0.4, -0.2) is 35.7 Å². The molecule has 1 aliphatic carbocycles. The van der Waals surface area contributed by atoms with Crippen molar-refractivity contribution < 1.29 is 4.79 Å². The number of para-hydroxylation sites is 2. The van der Waals surface area contributed by atoms with Crippen LogP contribution in [0.3, 0.4) is 0 Å². The van der Waals surface area contributed by atoms with Crippen molar-refractivity contribution in [3.05, 3.63) is 36.4 Å².